The van der Waals surface area contributed by atoms with Crippen molar-refractivity contribution in [3.8, 4) is 11.5 Å². The molecule has 0 saturated heterocycles. The number of carbonyl (C=O) groups excluding carboxylic acids is 1. The van der Waals surface area contributed by atoms with Gasteiger partial charge in [0.15, 0.2) is 5.82 Å². The number of amides is 1. The van der Waals surface area contributed by atoms with Gasteiger partial charge < -0.3 is 19.8 Å². The molecule has 34 heavy (non-hydrogen) atoms. The summed E-state index contributed by atoms with van der Waals surface area (Å²) in [4.78, 5) is 20.1. The molecule has 6 heteroatoms. The van der Waals surface area contributed by atoms with E-state index in [2.05, 4.69) is 52.6 Å². The number of aryl methyl sites for hydroxylation is 1. The van der Waals surface area contributed by atoms with Gasteiger partial charge in [-0.15, -0.1) is 0 Å². The molecule has 4 aromatic rings. The Morgan fingerprint density at radius 1 is 1.12 bits per heavy atom. The van der Waals surface area contributed by atoms with Gasteiger partial charge in [-0.25, -0.2) is 4.98 Å². The van der Waals surface area contributed by atoms with E-state index < -0.39 is 0 Å². The zero-order valence-electron chi connectivity index (χ0n) is 20.1. The summed E-state index contributed by atoms with van der Waals surface area (Å²) in [5, 5.41) is 1.25. The first-order valence-electron chi connectivity index (χ1n) is 12.6. The van der Waals surface area contributed by atoms with E-state index in [1.165, 1.54) is 36.6 Å². The first-order chi connectivity index (χ1) is 16.5. The highest BCUT2D eigenvalue weighted by Gasteiger charge is 2.27. The molecule has 0 unspecified atom stereocenters. The maximum absolute atomic E-state index is 13.2. The number of rotatable bonds is 5. The number of hydrogen-bond acceptors (Lipinski definition) is 3. The van der Waals surface area contributed by atoms with Gasteiger partial charge in [0.2, 0.25) is 0 Å². The van der Waals surface area contributed by atoms with Crippen LogP contribution in [0.1, 0.15) is 48.5 Å². The van der Waals surface area contributed by atoms with Crippen LogP contribution in [-0.4, -0.2) is 44.1 Å². The largest absolute Gasteiger partial charge is 0.338 e. The Morgan fingerprint density at radius 3 is 2.71 bits per heavy atom. The van der Waals surface area contributed by atoms with Gasteiger partial charge in [0.1, 0.15) is 0 Å². The molecular formula is C28H33N5O. The minimum atomic E-state index is -0.0301. The second-order valence-corrected chi connectivity index (χ2v) is 10.3. The third-order valence-corrected chi connectivity index (χ3v) is 7.74. The van der Waals surface area contributed by atoms with Crippen molar-refractivity contribution in [2.75, 3.05) is 13.1 Å². The van der Waals surface area contributed by atoms with Gasteiger partial charge in [0.05, 0.1) is 16.7 Å². The predicted octanol–water partition coefficient (Wildman–Crippen LogP) is 4.73. The molecule has 6 nitrogen and oxygen atoms in total. The van der Waals surface area contributed by atoms with Crippen LogP contribution >= 0.6 is 0 Å². The number of hydrogen-bond donors (Lipinski definition) is 1. The van der Waals surface area contributed by atoms with Crippen molar-refractivity contribution in [1.82, 2.24) is 19.0 Å². The Balaban J connectivity index is 1.46. The van der Waals surface area contributed by atoms with E-state index in [4.69, 9.17) is 10.7 Å². The molecule has 1 fully saturated rings. The number of carbonyl (C=O) groups is 1. The van der Waals surface area contributed by atoms with Crippen LogP contribution in [0.3, 0.4) is 0 Å². The Hall–Kier alpha value is -3.12. The maximum Gasteiger partial charge on any atom is 0.254 e. The van der Waals surface area contributed by atoms with Crippen molar-refractivity contribution in [3.05, 3.63) is 53.6 Å². The Bertz CT molecular complexity index is 1390. The quantitative estimate of drug-likeness (QED) is 0.473. The summed E-state index contributed by atoms with van der Waals surface area (Å²) < 4.78 is 4.68. The van der Waals surface area contributed by atoms with E-state index in [-0.39, 0.29) is 11.9 Å². The SMILES string of the molecule is C[C@@H](N)CN1CCc2cc3c(cc2C1=O)nc(-c1cc2ccccc2n1CC1CCCC1)n3C. The first-order valence-corrected chi connectivity index (χ1v) is 12.6. The molecule has 0 radical (unpaired) electrons. The van der Waals surface area contributed by atoms with Crippen molar-refractivity contribution >= 4 is 27.8 Å². The molecular weight excluding hydrogens is 422 g/mol. The highest BCUT2D eigenvalue weighted by Crippen LogP contribution is 2.35. The van der Waals surface area contributed by atoms with Crippen molar-refractivity contribution in [3.63, 3.8) is 0 Å². The van der Waals surface area contributed by atoms with Crippen LogP contribution in [0.25, 0.3) is 33.5 Å². The lowest BCUT2D eigenvalue weighted by atomic mass is 9.97. The summed E-state index contributed by atoms with van der Waals surface area (Å²) in [6.45, 7) is 4.29. The second kappa shape index (κ2) is 8.27. The standard InChI is InChI=1S/C28H33N5O/c1-18(29)16-32-12-11-20-13-25-23(15-22(20)28(32)34)30-27(31(25)2)26-14-21-9-5-6-10-24(21)33(26)17-19-7-3-4-8-19/h5-6,9-10,13-15,18-19H,3-4,7-8,11-12,16-17,29H2,1-2H3/t18-/m1/s1. The molecule has 1 aliphatic heterocycles. The van der Waals surface area contributed by atoms with E-state index in [0.29, 0.717) is 6.54 Å². The highest BCUT2D eigenvalue weighted by molar-refractivity contribution is 6.00. The number of nitrogens with zero attached hydrogens (tertiary/aromatic N) is 4. The van der Waals surface area contributed by atoms with Crippen LogP contribution in [0.5, 0.6) is 0 Å². The lowest BCUT2D eigenvalue weighted by molar-refractivity contribution is 0.0732. The Morgan fingerprint density at radius 2 is 1.91 bits per heavy atom. The molecule has 0 spiro atoms. The zero-order valence-corrected chi connectivity index (χ0v) is 20.1. The maximum atomic E-state index is 13.2. The van der Waals surface area contributed by atoms with Gasteiger partial charge in [0.25, 0.3) is 5.91 Å². The summed E-state index contributed by atoms with van der Waals surface area (Å²) in [5.41, 5.74) is 12.3. The molecule has 176 valence electrons. The highest BCUT2D eigenvalue weighted by atomic mass is 16.2. The van der Waals surface area contributed by atoms with E-state index in [1.54, 1.807) is 0 Å². The summed E-state index contributed by atoms with van der Waals surface area (Å²) in [6.07, 6.45) is 6.14. The minimum absolute atomic E-state index is 0.0301. The normalized spacial score (nSPS) is 17.7. The van der Waals surface area contributed by atoms with Gasteiger partial charge in [-0.1, -0.05) is 31.0 Å². The van der Waals surface area contributed by atoms with E-state index in [1.807, 2.05) is 17.9 Å². The van der Waals surface area contributed by atoms with Gasteiger partial charge >= 0.3 is 0 Å². The molecule has 1 amide bonds. The summed E-state index contributed by atoms with van der Waals surface area (Å²) in [5.74, 6) is 1.76. The molecule has 2 aromatic heterocycles. The predicted molar refractivity (Wildman–Crippen MR) is 137 cm³/mol. The molecule has 1 aliphatic carbocycles. The van der Waals surface area contributed by atoms with Crippen molar-refractivity contribution < 1.29 is 4.79 Å². The average Bonchev–Trinajstić information content (AvgIpc) is 3.54. The smallest absolute Gasteiger partial charge is 0.254 e. The fourth-order valence-electron chi connectivity index (χ4n) is 6.01. The Kier molecular flexibility index (Phi) is 5.21. The minimum Gasteiger partial charge on any atom is -0.338 e. The van der Waals surface area contributed by atoms with Gasteiger partial charge in [-0.05, 0) is 61.9 Å². The van der Waals surface area contributed by atoms with E-state index >= 15 is 0 Å². The molecule has 3 heterocycles. The number of aromatic nitrogens is 3. The number of nitrogens with two attached hydrogens (primary N) is 1. The summed E-state index contributed by atoms with van der Waals surface area (Å²) >= 11 is 0. The lowest BCUT2D eigenvalue weighted by Crippen LogP contribution is -2.43. The molecule has 6 rings (SSSR count). The molecule has 2 aliphatic rings. The van der Waals surface area contributed by atoms with Crippen LogP contribution in [0.4, 0.5) is 0 Å². The molecule has 1 atom stereocenters. The van der Waals surface area contributed by atoms with Crippen LogP contribution in [0.2, 0.25) is 0 Å². The van der Waals surface area contributed by atoms with Gasteiger partial charge in [-0.3, -0.25) is 4.79 Å². The molecule has 2 N–H and O–H groups in total. The molecule has 1 saturated carbocycles. The fraction of sp³-hybridized carbons (Fsp3) is 0.429. The van der Waals surface area contributed by atoms with Gasteiger partial charge in [0, 0.05) is 49.2 Å². The fourth-order valence-corrected chi connectivity index (χ4v) is 6.01. The molecule has 0 bridgehead atoms. The lowest BCUT2D eigenvalue weighted by Gasteiger charge is -2.29. The summed E-state index contributed by atoms with van der Waals surface area (Å²) in [6, 6.07) is 15.1. The van der Waals surface area contributed by atoms with Gasteiger partial charge in [-0.2, -0.15) is 0 Å². The Labute approximate surface area is 200 Å². The van der Waals surface area contributed by atoms with Crippen molar-refractivity contribution in [2.45, 2.75) is 51.6 Å². The second-order valence-electron chi connectivity index (χ2n) is 10.3. The van der Waals surface area contributed by atoms with Crippen molar-refractivity contribution in [2.24, 2.45) is 18.7 Å². The van der Waals surface area contributed by atoms with Crippen LogP contribution in [0.15, 0.2) is 42.5 Å². The van der Waals surface area contributed by atoms with Crippen LogP contribution in [0, 0.1) is 5.92 Å². The zero-order chi connectivity index (χ0) is 23.4. The third-order valence-electron chi connectivity index (χ3n) is 7.74. The number of imidazole rings is 1. The molecule has 2 aromatic carbocycles. The first kappa shape index (κ1) is 21.4. The number of fused-ring (bicyclic) bond motifs is 3. The third kappa shape index (κ3) is 3.52. The monoisotopic (exact) mass is 455 g/mol. The van der Waals surface area contributed by atoms with Crippen molar-refractivity contribution in [1.29, 1.82) is 0 Å². The number of benzene rings is 2. The topological polar surface area (TPSA) is 69.1 Å². The van der Waals surface area contributed by atoms with E-state index in [0.717, 1.165) is 59.1 Å². The summed E-state index contributed by atoms with van der Waals surface area (Å²) in [7, 11) is 2.10. The van der Waals surface area contributed by atoms with Crippen LogP contribution in [-0.2, 0) is 20.0 Å². The van der Waals surface area contributed by atoms with E-state index in [9.17, 15) is 4.79 Å². The average molecular weight is 456 g/mol. The number of para-hydroxylation sites is 1. The van der Waals surface area contributed by atoms with Crippen LogP contribution < -0.4 is 5.73 Å².